The van der Waals surface area contributed by atoms with Gasteiger partial charge in [-0.05, 0) is 72.8 Å². The van der Waals surface area contributed by atoms with Crippen molar-refractivity contribution >= 4 is 28.9 Å². The molecule has 4 nitrogen and oxygen atoms in total. The van der Waals surface area contributed by atoms with Gasteiger partial charge in [0.15, 0.2) is 5.78 Å². The Morgan fingerprint density at radius 3 is 1.87 bits per heavy atom. The van der Waals surface area contributed by atoms with Crippen LogP contribution in [0.15, 0.2) is 107 Å². The summed E-state index contributed by atoms with van der Waals surface area (Å²) < 4.78 is 5.82. The van der Waals surface area contributed by atoms with Gasteiger partial charge in [0.1, 0.15) is 11.5 Å². The number of ether oxygens (including phenoxy) is 1. The summed E-state index contributed by atoms with van der Waals surface area (Å²) in [7, 11) is 0. The quantitative estimate of drug-likeness (QED) is 0.299. The van der Waals surface area contributed by atoms with Gasteiger partial charge in [-0.1, -0.05) is 30.0 Å². The SMILES string of the molecule is Nc1cccc(Oc2ccc(Sc3ccc(C(=O)c4cccc(N)c4)cc3)cc2)c1. The second-order valence-electron chi connectivity index (χ2n) is 6.73. The van der Waals surface area contributed by atoms with Crippen molar-refractivity contribution in [2.24, 2.45) is 0 Å². The highest BCUT2D eigenvalue weighted by molar-refractivity contribution is 7.99. The molecule has 30 heavy (non-hydrogen) atoms. The molecule has 0 amide bonds. The van der Waals surface area contributed by atoms with Crippen LogP contribution < -0.4 is 16.2 Å². The fourth-order valence-electron chi connectivity index (χ4n) is 2.95. The van der Waals surface area contributed by atoms with Crippen LogP contribution in [0.4, 0.5) is 11.4 Å². The molecule has 0 saturated carbocycles. The number of carbonyl (C=O) groups is 1. The van der Waals surface area contributed by atoms with Gasteiger partial charge in [-0.15, -0.1) is 0 Å². The van der Waals surface area contributed by atoms with E-state index in [2.05, 4.69) is 0 Å². The first-order chi connectivity index (χ1) is 14.6. The molecular weight excluding hydrogens is 392 g/mol. The third-order valence-corrected chi connectivity index (χ3v) is 5.43. The monoisotopic (exact) mass is 412 g/mol. The molecule has 4 aromatic rings. The van der Waals surface area contributed by atoms with Crippen molar-refractivity contribution < 1.29 is 9.53 Å². The van der Waals surface area contributed by atoms with E-state index in [1.54, 1.807) is 42.1 Å². The van der Waals surface area contributed by atoms with Crippen LogP contribution in [0.1, 0.15) is 15.9 Å². The van der Waals surface area contributed by atoms with Gasteiger partial charge >= 0.3 is 0 Å². The average molecular weight is 413 g/mol. The van der Waals surface area contributed by atoms with Crippen molar-refractivity contribution in [3.63, 3.8) is 0 Å². The Kier molecular flexibility index (Phi) is 5.72. The number of rotatable bonds is 6. The van der Waals surface area contributed by atoms with Crippen molar-refractivity contribution in [2.75, 3.05) is 11.5 Å². The Bertz CT molecular complexity index is 1170. The summed E-state index contributed by atoms with van der Waals surface area (Å²) in [5.41, 5.74) is 14.0. The standard InChI is InChI=1S/C25H20N2O2S/c26-19-4-1-3-18(15-19)25(28)17-7-11-23(12-8-17)30-24-13-9-21(10-14-24)29-22-6-2-5-20(27)16-22/h1-16H,26-27H2. The molecule has 0 radical (unpaired) electrons. The maximum absolute atomic E-state index is 12.6. The smallest absolute Gasteiger partial charge is 0.193 e. The molecule has 4 N–H and O–H groups in total. The van der Waals surface area contributed by atoms with Crippen LogP contribution in [0.3, 0.4) is 0 Å². The molecule has 0 aliphatic carbocycles. The van der Waals surface area contributed by atoms with Crippen molar-refractivity contribution in [1.82, 2.24) is 0 Å². The number of carbonyl (C=O) groups excluding carboxylic acids is 1. The van der Waals surface area contributed by atoms with E-state index < -0.39 is 0 Å². The number of hydrogen-bond donors (Lipinski definition) is 2. The molecule has 0 bridgehead atoms. The second-order valence-corrected chi connectivity index (χ2v) is 7.87. The van der Waals surface area contributed by atoms with E-state index in [4.69, 9.17) is 16.2 Å². The van der Waals surface area contributed by atoms with E-state index in [-0.39, 0.29) is 5.78 Å². The third kappa shape index (κ3) is 4.82. The fraction of sp³-hybridized carbons (Fsp3) is 0. The Balaban J connectivity index is 1.41. The summed E-state index contributed by atoms with van der Waals surface area (Å²) in [6, 6.07) is 29.8. The van der Waals surface area contributed by atoms with E-state index in [1.807, 2.05) is 66.7 Å². The molecular formula is C25H20N2O2S. The van der Waals surface area contributed by atoms with Crippen molar-refractivity contribution in [3.8, 4) is 11.5 Å². The number of nitrogen functional groups attached to an aromatic ring is 2. The van der Waals surface area contributed by atoms with Gasteiger partial charge in [-0.2, -0.15) is 0 Å². The van der Waals surface area contributed by atoms with Gasteiger partial charge in [-0.3, -0.25) is 4.79 Å². The Morgan fingerprint density at radius 1 is 0.633 bits per heavy atom. The highest BCUT2D eigenvalue weighted by Crippen LogP contribution is 2.31. The van der Waals surface area contributed by atoms with E-state index in [0.29, 0.717) is 28.3 Å². The molecule has 0 aliphatic heterocycles. The van der Waals surface area contributed by atoms with Crippen molar-refractivity contribution in [3.05, 3.63) is 108 Å². The molecule has 0 aromatic heterocycles. The molecule has 5 heteroatoms. The molecule has 4 rings (SSSR count). The summed E-state index contributed by atoms with van der Waals surface area (Å²) in [5, 5.41) is 0. The largest absolute Gasteiger partial charge is 0.457 e. The van der Waals surface area contributed by atoms with Crippen LogP contribution >= 0.6 is 11.8 Å². The van der Waals surface area contributed by atoms with Crippen LogP contribution in [0.25, 0.3) is 0 Å². The predicted molar refractivity (Wildman–Crippen MR) is 122 cm³/mol. The average Bonchev–Trinajstić information content (AvgIpc) is 2.75. The summed E-state index contributed by atoms with van der Waals surface area (Å²) in [4.78, 5) is 14.7. The Labute approximate surface area is 179 Å². The van der Waals surface area contributed by atoms with Crippen LogP contribution in [0, 0.1) is 0 Å². The van der Waals surface area contributed by atoms with Gasteiger partial charge in [0.2, 0.25) is 0 Å². The number of hydrogen-bond acceptors (Lipinski definition) is 5. The first-order valence-electron chi connectivity index (χ1n) is 9.38. The highest BCUT2D eigenvalue weighted by Gasteiger charge is 2.09. The minimum absolute atomic E-state index is 0.0399. The number of benzene rings is 4. The molecule has 0 heterocycles. The van der Waals surface area contributed by atoms with Crippen LogP contribution in [0.2, 0.25) is 0 Å². The van der Waals surface area contributed by atoms with E-state index >= 15 is 0 Å². The molecule has 0 aliphatic rings. The normalized spacial score (nSPS) is 10.5. The van der Waals surface area contributed by atoms with Gasteiger partial charge in [-0.25, -0.2) is 0 Å². The Morgan fingerprint density at radius 2 is 1.23 bits per heavy atom. The molecule has 148 valence electrons. The summed E-state index contributed by atoms with van der Waals surface area (Å²) in [6.07, 6.45) is 0. The predicted octanol–water partition coefficient (Wildman–Crippen LogP) is 6.03. The van der Waals surface area contributed by atoms with Crippen LogP contribution in [-0.2, 0) is 0 Å². The zero-order valence-electron chi connectivity index (χ0n) is 16.1. The fourth-order valence-corrected chi connectivity index (χ4v) is 3.76. The van der Waals surface area contributed by atoms with Crippen LogP contribution in [0.5, 0.6) is 11.5 Å². The zero-order chi connectivity index (χ0) is 20.9. The number of ketones is 1. The number of anilines is 2. The summed E-state index contributed by atoms with van der Waals surface area (Å²) >= 11 is 1.62. The highest BCUT2D eigenvalue weighted by atomic mass is 32.2. The molecule has 0 saturated heterocycles. The maximum Gasteiger partial charge on any atom is 0.193 e. The van der Waals surface area contributed by atoms with Gasteiger partial charge < -0.3 is 16.2 Å². The molecule has 0 fully saturated rings. The Hall–Kier alpha value is -3.70. The van der Waals surface area contributed by atoms with Crippen molar-refractivity contribution in [2.45, 2.75) is 9.79 Å². The van der Waals surface area contributed by atoms with E-state index in [9.17, 15) is 4.79 Å². The molecule has 0 unspecified atom stereocenters. The van der Waals surface area contributed by atoms with Gasteiger partial charge in [0.05, 0.1) is 0 Å². The maximum atomic E-state index is 12.6. The van der Waals surface area contributed by atoms with Gasteiger partial charge in [0.25, 0.3) is 0 Å². The molecule has 0 spiro atoms. The van der Waals surface area contributed by atoms with Crippen LogP contribution in [-0.4, -0.2) is 5.78 Å². The van der Waals surface area contributed by atoms with Crippen molar-refractivity contribution in [1.29, 1.82) is 0 Å². The lowest BCUT2D eigenvalue weighted by molar-refractivity contribution is 0.103. The van der Waals surface area contributed by atoms with E-state index in [0.717, 1.165) is 15.5 Å². The minimum atomic E-state index is -0.0399. The number of nitrogens with two attached hydrogens (primary N) is 2. The second kappa shape index (κ2) is 8.76. The zero-order valence-corrected chi connectivity index (χ0v) is 16.9. The first-order valence-corrected chi connectivity index (χ1v) is 10.2. The lowest BCUT2D eigenvalue weighted by Gasteiger charge is -2.08. The molecule has 0 atom stereocenters. The van der Waals surface area contributed by atoms with E-state index in [1.165, 1.54) is 0 Å². The molecule has 4 aromatic carbocycles. The van der Waals surface area contributed by atoms with Gasteiger partial charge in [0, 0.05) is 38.4 Å². The summed E-state index contributed by atoms with van der Waals surface area (Å²) in [6.45, 7) is 0. The first kappa shape index (κ1) is 19.6. The lowest BCUT2D eigenvalue weighted by atomic mass is 10.0. The third-order valence-electron chi connectivity index (χ3n) is 4.42. The lowest BCUT2D eigenvalue weighted by Crippen LogP contribution is -2.01. The minimum Gasteiger partial charge on any atom is -0.457 e. The summed E-state index contributed by atoms with van der Waals surface area (Å²) in [5.74, 6) is 1.41. The topological polar surface area (TPSA) is 78.3 Å².